The van der Waals surface area contributed by atoms with Crippen LogP contribution in [0.25, 0.3) is 0 Å². The largest absolute Gasteiger partial charge is 0.496 e. The number of nitrogens with zero attached hydrogens (tertiary/aromatic N) is 3. The molecule has 0 bridgehead atoms. The van der Waals surface area contributed by atoms with Crippen LogP contribution in [0.1, 0.15) is 35.4 Å². The van der Waals surface area contributed by atoms with Gasteiger partial charge in [0.1, 0.15) is 5.75 Å². The number of benzene rings is 1. The third-order valence-corrected chi connectivity index (χ3v) is 4.83. The minimum absolute atomic E-state index is 0.0644. The first-order valence-electron chi connectivity index (χ1n) is 9.40. The highest BCUT2D eigenvalue weighted by Crippen LogP contribution is 2.34. The molecule has 29 heavy (non-hydrogen) atoms. The van der Waals surface area contributed by atoms with Gasteiger partial charge in [-0.15, -0.1) is 0 Å². The molecule has 0 atom stereocenters. The molecule has 1 N–H and O–H groups in total. The normalized spacial score (nSPS) is 10.3. The lowest BCUT2D eigenvalue weighted by Crippen LogP contribution is -2.23. The summed E-state index contributed by atoms with van der Waals surface area (Å²) in [4.78, 5) is 12.4. The van der Waals surface area contributed by atoms with Crippen LogP contribution in [-0.2, 0) is 24.3 Å². The third kappa shape index (κ3) is 5.41. The SMILES string of the molecule is COc1cc(OC)c(OC)cc1CNC(=O)CCc1c(C)nn(CCC#N)c1C. The maximum atomic E-state index is 12.4. The van der Waals surface area contributed by atoms with Crippen molar-refractivity contribution in [3.05, 3.63) is 34.6 Å². The maximum Gasteiger partial charge on any atom is 0.220 e. The number of hydrogen-bond acceptors (Lipinski definition) is 6. The van der Waals surface area contributed by atoms with E-state index in [1.807, 2.05) is 18.5 Å². The van der Waals surface area contributed by atoms with Crippen molar-refractivity contribution in [1.82, 2.24) is 15.1 Å². The fraction of sp³-hybridized carbons (Fsp3) is 0.476. The fourth-order valence-corrected chi connectivity index (χ4v) is 3.22. The molecule has 8 heteroatoms. The molecular formula is C21H28N4O4. The van der Waals surface area contributed by atoms with Crippen molar-refractivity contribution in [3.8, 4) is 23.3 Å². The Labute approximate surface area is 171 Å². The highest BCUT2D eigenvalue weighted by atomic mass is 16.5. The number of ether oxygens (including phenoxy) is 3. The predicted molar refractivity (Wildman–Crippen MR) is 108 cm³/mol. The average molecular weight is 400 g/mol. The zero-order chi connectivity index (χ0) is 21.4. The highest BCUT2D eigenvalue weighted by Gasteiger charge is 2.15. The van der Waals surface area contributed by atoms with E-state index in [1.165, 1.54) is 0 Å². The molecule has 1 aromatic carbocycles. The molecule has 0 radical (unpaired) electrons. The molecule has 1 heterocycles. The van der Waals surface area contributed by atoms with Crippen LogP contribution in [0.15, 0.2) is 12.1 Å². The first kappa shape index (κ1) is 22.1. The van der Waals surface area contributed by atoms with Gasteiger partial charge in [0.05, 0.1) is 46.1 Å². The number of nitrogens with one attached hydrogen (secondary N) is 1. The zero-order valence-electron chi connectivity index (χ0n) is 17.7. The smallest absolute Gasteiger partial charge is 0.220 e. The van der Waals surface area contributed by atoms with Crippen molar-refractivity contribution in [2.45, 2.75) is 46.2 Å². The number of nitriles is 1. The number of aryl methyl sites for hydroxylation is 2. The molecule has 2 aromatic rings. The molecule has 1 aromatic heterocycles. The van der Waals surface area contributed by atoms with E-state index in [4.69, 9.17) is 19.5 Å². The second kappa shape index (κ2) is 10.4. The van der Waals surface area contributed by atoms with E-state index in [0.29, 0.717) is 49.6 Å². The van der Waals surface area contributed by atoms with E-state index in [0.717, 1.165) is 22.5 Å². The summed E-state index contributed by atoms with van der Waals surface area (Å²) in [5.41, 5.74) is 3.76. The van der Waals surface area contributed by atoms with Crippen LogP contribution in [0, 0.1) is 25.2 Å². The number of aromatic nitrogens is 2. The minimum Gasteiger partial charge on any atom is -0.496 e. The van der Waals surface area contributed by atoms with Crippen LogP contribution in [0.3, 0.4) is 0 Å². The maximum absolute atomic E-state index is 12.4. The van der Waals surface area contributed by atoms with Crippen LogP contribution in [0.2, 0.25) is 0 Å². The Morgan fingerprint density at radius 3 is 2.41 bits per heavy atom. The summed E-state index contributed by atoms with van der Waals surface area (Å²) in [6, 6.07) is 5.66. The molecular weight excluding hydrogens is 372 g/mol. The van der Waals surface area contributed by atoms with Crippen molar-refractivity contribution in [3.63, 3.8) is 0 Å². The van der Waals surface area contributed by atoms with Crippen molar-refractivity contribution < 1.29 is 19.0 Å². The molecule has 0 fully saturated rings. The van der Waals surface area contributed by atoms with Crippen LogP contribution in [0.4, 0.5) is 0 Å². The van der Waals surface area contributed by atoms with E-state index >= 15 is 0 Å². The quantitative estimate of drug-likeness (QED) is 0.658. The monoisotopic (exact) mass is 400 g/mol. The molecule has 0 saturated heterocycles. The summed E-state index contributed by atoms with van der Waals surface area (Å²) in [6.45, 7) is 4.78. The van der Waals surface area contributed by atoms with E-state index in [2.05, 4.69) is 16.5 Å². The molecule has 0 aliphatic heterocycles. The molecule has 0 aliphatic rings. The summed E-state index contributed by atoms with van der Waals surface area (Å²) in [6.07, 6.45) is 1.36. The molecule has 0 spiro atoms. The lowest BCUT2D eigenvalue weighted by atomic mass is 10.1. The second-order valence-corrected chi connectivity index (χ2v) is 6.58. The molecule has 1 amide bonds. The van der Waals surface area contributed by atoms with Crippen molar-refractivity contribution in [2.75, 3.05) is 21.3 Å². The zero-order valence-corrected chi connectivity index (χ0v) is 17.7. The number of rotatable bonds is 10. The molecule has 8 nitrogen and oxygen atoms in total. The minimum atomic E-state index is -0.0644. The second-order valence-electron chi connectivity index (χ2n) is 6.58. The van der Waals surface area contributed by atoms with E-state index in [9.17, 15) is 4.79 Å². The molecule has 0 unspecified atom stereocenters. The van der Waals surface area contributed by atoms with Gasteiger partial charge < -0.3 is 19.5 Å². The van der Waals surface area contributed by atoms with Gasteiger partial charge in [-0.25, -0.2) is 0 Å². The lowest BCUT2D eigenvalue weighted by molar-refractivity contribution is -0.121. The number of methoxy groups -OCH3 is 3. The first-order valence-corrected chi connectivity index (χ1v) is 9.40. The van der Waals surface area contributed by atoms with Gasteiger partial charge in [0.25, 0.3) is 0 Å². The Bertz CT molecular complexity index is 899. The van der Waals surface area contributed by atoms with Gasteiger partial charge in [-0.1, -0.05) is 0 Å². The Morgan fingerprint density at radius 1 is 1.14 bits per heavy atom. The van der Waals surface area contributed by atoms with Crippen molar-refractivity contribution >= 4 is 5.91 Å². The van der Waals surface area contributed by atoms with E-state index in [-0.39, 0.29) is 5.91 Å². The van der Waals surface area contributed by atoms with Gasteiger partial charge in [-0.2, -0.15) is 10.4 Å². The van der Waals surface area contributed by atoms with Crippen molar-refractivity contribution in [2.24, 2.45) is 0 Å². The Morgan fingerprint density at radius 2 is 1.79 bits per heavy atom. The summed E-state index contributed by atoms with van der Waals surface area (Å²) in [7, 11) is 4.70. The lowest BCUT2D eigenvalue weighted by Gasteiger charge is -2.14. The standard InChI is InChI=1S/C21H28N4O4/c1-14-17(15(2)25(24-14)10-6-9-22)7-8-21(26)23-13-16-11-19(28-4)20(29-5)12-18(16)27-3/h11-12H,6-8,10,13H2,1-5H3,(H,23,26). The van der Waals surface area contributed by atoms with Crippen molar-refractivity contribution in [1.29, 1.82) is 5.26 Å². The van der Waals surface area contributed by atoms with Crippen LogP contribution in [0.5, 0.6) is 17.2 Å². The Kier molecular flexibility index (Phi) is 7.89. The molecule has 2 rings (SSSR count). The topological polar surface area (TPSA) is 98.4 Å². The fourth-order valence-electron chi connectivity index (χ4n) is 3.22. The van der Waals surface area contributed by atoms with Crippen LogP contribution < -0.4 is 19.5 Å². The van der Waals surface area contributed by atoms with Gasteiger partial charge in [0.15, 0.2) is 11.5 Å². The average Bonchev–Trinajstić information content (AvgIpc) is 3.00. The van der Waals surface area contributed by atoms with Gasteiger partial charge in [0.2, 0.25) is 5.91 Å². The molecule has 0 aliphatic carbocycles. The van der Waals surface area contributed by atoms with Crippen LogP contribution in [-0.4, -0.2) is 37.0 Å². The number of carbonyl (C=O) groups excluding carboxylic acids is 1. The Hall–Kier alpha value is -3.21. The highest BCUT2D eigenvalue weighted by molar-refractivity contribution is 5.76. The Balaban J connectivity index is 1.99. The van der Waals surface area contributed by atoms with Gasteiger partial charge in [-0.3, -0.25) is 9.48 Å². The number of carbonyl (C=O) groups is 1. The molecule has 156 valence electrons. The predicted octanol–water partition coefficient (Wildman–Crippen LogP) is 2.69. The molecule has 0 saturated carbocycles. The van der Waals surface area contributed by atoms with E-state index < -0.39 is 0 Å². The van der Waals surface area contributed by atoms with Crippen LogP contribution >= 0.6 is 0 Å². The summed E-state index contributed by atoms with van der Waals surface area (Å²) < 4.78 is 17.8. The third-order valence-electron chi connectivity index (χ3n) is 4.83. The number of amides is 1. The number of hydrogen-bond donors (Lipinski definition) is 1. The van der Waals surface area contributed by atoms with Gasteiger partial charge in [-0.05, 0) is 31.9 Å². The first-order chi connectivity index (χ1) is 13.9. The van der Waals surface area contributed by atoms with Gasteiger partial charge in [0, 0.05) is 30.3 Å². The summed E-state index contributed by atoms with van der Waals surface area (Å²) >= 11 is 0. The van der Waals surface area contributed by atoms with E-state index in [1.54, 1.807) is 33.5 Å². The van der Waals surface area contributed by atoms with Gasteiger partial charge >= 0.3 is 0 Å². The summed E-state index contributed by atoms with van der Waals surface area (Å²) in [5, 5.41) is 16.2. The summed E-state index contributed by atoms with van der Waals surface area (Å²) in [5.74, 6) is 1.70.